The third kappa shape index (κ3) is 1.34. The number of hydrogen-bond acceptors (Lipinski definition) is 4. The molecule has 4 heteroatoms. The summed E-state index contributed by atoms with van der Waals surface area (Å²) in [4.78, 5) is 18.9. The highest BCUT2D eigenvalue weighted by Gasteiger charge is 2.74. The zero-order valence-corrected chi connectivity index (χ0v) is 15.0. The van der Waals surface area contributed by atoms with E-state index in [1.807, 2.05) is 6.07 Å². The number of Topliss-reactive ketones (excluding diaryl/α,β-unsaturated/α-hetero) is 1. The first-order valence-corrected chi connectivity index (χ1v) is 9.48. The second-order valence-electron chi connectivity index (χ2n) is 8.52. The molecule has 0 radical (unpaired) electrons. The van der Waals surface area contributed by atoms with Crippen molar-refractivity contribution in [2.75, 3.05) is 25.6 Å². The Hall–Kier alpha value is -1.81. The lowest BCUT2D eigenvalue weighted by atomic mass is 9.65. The first kappa shape index (κ1) is 14.4. The molecular weight excluding hydrogens is 312 g/mol. The van der Waals surface area contributed by atoms with Gasteiger partial charge >= 0.3 is 0 Å². The van der Waals surface area contributed by atoms with Crippen LogP contribution in [0, 0.1) is 11.8 Å². The quantitative estimate of drug-likeness (QED) is 0.737. The number of allylic oxidation sites excluding steroid dienone is 1. The van der Waals surface area contributed by atoms with E-state index in [2.05, 4.69) is 42.0 Å². The minimum atomic E-state index is -0.287. The molecule has 5 fully saturated rings. The van der Waals surface area contributed by atoms with Crippen molar-refractivity contribution >= 4 is 11.5 Å². The van der Waals surface area contributed by atoms with Gasteiger partial charge in [-0.25, -0.2) is 0 Å². The number of nitrogens with zero attached hydrogens (tertiary/aromatic N) is 2. The second kappa shape index (κ2) is 4.29. The van der Waals surface area contributed by atoms with Gasteiger partial charge in [0.05, 0.1) is 18.6 Å². The van der Waals surface area contributed by atoms with Gasteiger partial charge in [0.1, 0.15) is 5.75 Å². The van der Waals surface area contributed by atoms with E-state index in [0.717, 1.165) is 25.1 Å². The fourth-order valence-electron chi connectivity index (χ4n) is 7.20. The van der Waals surface area contributed by atoms with E-state index < -0.39 is 0 Å². The molecule has 7 unspecified atom stereocenters. The Morgan fingerprint density at radius 2 is 2.16 bits per heavy atom. The van der Waals surface area contributed by atoms with Crippen LogP contribution in [0.2, 0.25) is 0 Å². The summed E-state index contributed by atoms with van der Waals surface area (Å²) in [5.41, 5.74) is 3.67. The lowest BCUT2D eigenvalue weighted by molar-refractivity contribution is -0.126. The zero-order chi connectivity index (χ0) is 17.1. The summed E-state index contributed by atoms with van der Waals surface area (Å²) in [5, 5.41) is 0. The van der Waals surface area contributed by atoms with Gasteiger partial charge in [-0.05, 0) is 37.3 Å². The van der Waals surface area contributed by atoms with Crippen LogP contribution >= 0.6 is 0 Å². The first-order valence-electron chi connectivity index (χ1n) is 9.48. The van der Waals surface area contributed by atoms with Crippen LogP contribution in [0.3, 0.4) is 0 Å². The Bertz CT molecular complexity index is 846. The molecule has 6 aliphatic rings. The van der Waals surface area contributed by atoms with Crippen molar-refractivity contribution < 1.29 is 9.53 Å². The molecule has 1 aromatic carbocycles. The molecule has 1 aromatic rings. The molecule has 130 valence electrons. The molecule has 4 saturated heterocycles. The molecule has 25 heavy (non-hydrogen) atoms. The predicted octanol–water partition coefficient (Wildman–Crippen LogP) is 2.37. The van der Waals surface area contributed by atoms with Crippen molar-refractivity contribution in [3.05, 3.63) is 35.4 Å². The summed E-state index contributed by atoms with van der Waals surface area (Å²) in [6.45, 7) is 3.21. The Balaban J connectivity index is 1.59. The van der Waals surface area contributed by atoms with Gasteiger partial charge in [-0.1, -0.05) is 17.7 Å². The molecule has 1 saturated carbocycles. The van der Waals surface area contributed by atoms with Crippen LogP contribution < -0.4 is 9.64 Å². The third-order valence-corrected chi connectivity index (χ3v) is 8.03. The smallest absolute Gasteiger partial charge is 0.150 e. The molecule has 7 atom stereocenters. The maximum atomic E-state index is 13.9. The highest BCUT2D eigenvalue weighted by molar-refractivity contribution is 6.01. The molecule has 0 amide bonds. The summed E-state index contributed by atoms with van der Waals surface area (Å²) in [7, 11) is 3.90. The van der Waals surface area contributed by atoms with E-state index in [0.29, 0.717) is 23.8 Å². The Morgan fingerprint density at radius 3 is 2.92 bits per heavy atom. The number of benzene rings is 1. The minimum Gasteiger partial charge on any atom is -0.497 e. The number of fused-ring (bicyclic) bond motifs is 2. The molecule has 4 nitrogen and oxygen atoms in total. The average molecular weight is 336 g/mol. The molecule has 1 spiro atoms. The van der Waals surface area contributed by atoms with Crippen LogP contribution in [0.1, 0.15) is 25.3 Å². The molecular formula is C21H24N2O2. The highest BCUT2D eigenvalue weighted by atomic mass is 16.5. The molecule has 5 heterocycles. The number of likely N-dealkylation sites (N-methyl/N-ethyl adjacent to an activating group) is 1. The van der Waals surface area contributed by atoms with E-state index >= 15 is 0 Å². The second-order valence-corrected chi connectivity index (χ2v) is 8.52. The summed E-state index contributed by atoms with van der Waals surface area (Å²) in [6.07, 6.45) is 4.43. The standard InChI is InChI=1S/C21H24N2O2/c1-4-11-10-23-16-8-13(11)18-17(23)9-21(20(18)24)14-6-5-12(25-3)7-15(14)22(2)19(16)21/h4-7,13,16-19H,8-10H2,1-3H3. The molecule has 5 bridgehead atoms. The van der Waals surface area contributed by atoms with E-state index in [9.17, 15) is 4.79 Å². The number of anilines is 1. The van der Waals surface area contributed by atoms with Gasteiger partial charge < -0.3 is 9.64 Å². The van der Waals surface area contributed by atoms with Crippen LogP contribution in [0.15, 0.2) is 29.8 Å². The van der Waals surface area contributed by atoms with Gasteiger partial charge in [0.2, 0.25) is 0 Å². The Labute approximate surface area is 148 Å². The van der Waals surface area contributed by atoms with Crippen molar-refractivity contribution in [2.24, 2.45) is 11.8 Å². The number of ether oxygens (including phenoxy) is 1. The molecule has 0 aromatic heterocycles. The van der Waals surface area contributed by atoms with Gasteiger partial charge in [-0.3, -0.25) is 9.69 Å². The van der Waals surface area contributed by atoms with E-state index in [4.69, 9.17) is 4.74 Å². The minimum absolute atomic E-state index is 0.211. The maximum absolute atomic E-state index is 13.9. The summed E-state index contributed by atoms with van der Waals surface area (Å²) >= 11 is 0. The number of rotatable bonds is 1. The normalized spacial score (nSPS) is 46.8. The van der Waals surface area contributed by atoms with Crippen molar-refractivity contribution in [2.45, 2.75) is 43.3 Å². The summed E-state index contributed by atoms with van der Waals surface area (Å²) in [5.74, 6) is 2.10. The number of carbonyl (C=O) groups is 1. The van der Waals surface area contributed by atoms with Crippen LogP contribution in [0.25, 0.3) is 0 Å². The van der Waals surface area contributed by atoms with Crippen molar-refractivity contribution in [1.82, 2.24) is 4.90 Å². The monoisotopic (exact) mass is 336 g/mol. The van der Waals surface area contributed by atoms with E-state index in [1.54, 1.807) is 7.11 Å². The lowest BCUT2D eigenvalue weighted by Crippen LogP contribution is -2.68. The molecule has 1 aliphatic carbocycles. The highest BCUT2D eigenvalue weighted by Crippen LogP contribution is 2.66. The van der Waals surface area contributed by atoms with Crippen molar-refractivity contribution in [3.63, 3.8) is 0 Å². The molecule has 5 aliphatic heterocycles. The van der Waals surface area contributed by atoms with Gasteiger partial charge in [0.15, 0.2) is 5.78 Å². The van der Waals surface area contributed by atoms with Crippen molar-refractivity contribution in [1.29, 1.82) is 0 Å². The number of hydrogen-bond donors (Lipinski definition) is 0. The fraction of sp³-hybridized carbons (Fsp3) is 0.571. The summed E-state index contributed by atoms with van der Waals surface area (Å²) < 4.78 is 5.46. The van der Waals surface area contributed by atoms with Crippen LogP contribution in [0.5, 0.6) is 5.75 Å². The van der Waals surface area contributed by atoms with Crippen LogP contribution in [-0.4, -0.2) is 49.5 Å². The Kier molecular flexibility index (Phi) is 2.47. The number of ketones is 1. The molecule has 7 rings (SSSR count). The maximum Gasteiger partial charge on any atom is 0.150 e. The predicted molar refractivity (Wildman–Crippen MR) is 96.1 cm³/mol. The lowest BCUT2D eigenvalue weighted by Gasteiger charge is -2.58. The number of carbonyl (C=O) groups excluding carboxylic acids is 1. The van der Waals surface area contributed by atoms with Gasteiger partial charge in [-0.2, -0.15) is 0 Å². The van der Waals surface area contributed by atoms with Crippen molar-refractivity contribution in [3.8, 4) is 5.75 Å². The average Bonchev–Trinajstić information content (AvgIpc) is 3.03. The van der Waals surface area contributed by atoms with Gasteiger partial charge in [0, 0.05) is 43.3 Å². The van der Waals surface area contributed by atoms with Crippen LogP contribution in [0.4, 0.5) is 5.69 Å². The zero-order valence-electron chi connectivity index (χ0n) is 15.0. The molecule has 0 N–H and O–H groups in total. The SMILES string of the molecule is CC=C1CN2C3CC45C(=O)C3C1CC2C4N(C)c1cc(OC)ccc15. The van der Waals surface area contributed by atoms with Gasteiger partial charge in [-0.15, -0.1) is 0 Å². The van der Waals surface area contributed by atoms with E-state index in [1.165, 1.54) is 16.8 Å². The van der Waals surface area contributed by atoms with Crippen LogP contribution in [-0.2, 0) is 10.2 Å². The topological polar surface area (TPSA) is 32.8 Å². The Morgan fingerprint density at radius 1 is 1.32 bits per heavy atom. The van der Waals surface area contributed by atoms with Gasteiger partial charge in [0.25, 0.3) is 0 Å². The fourth-order valence-corrected chi connectivity index (χ4v) is 7.20. The third-order valence-electron chi connectivity index (χ3n) is 8.03. The first-order chi connectivity index (χ1) is 12.1. The van der Waals surface area contributed by atoms with E-state index in [-0.39, 0.29) is 17.4 Å². The summed E-state index contributed by atoms with van der Waals surface area (Å²) in [6, 6.07) is 7.57. The number of piperidine rings is 4. The number of methoxy groups -OCH3 is 1. The largest absolute Gasteiger partial charge is 0.497 e.